The Labute approximate surface area is 254 Å². The van der Waals surface area contributed by atoms with Crippen molar-refractivity contribution in [3.63, 3.8) is 0 Å². The van der Waals surface area contributed by atoms with E-state index in [9.17, 15) is 19.2 Å². The third kappa shape index (κ3) is 9.14. The van der Waals surface area contributed by atoms with Crippen LogP contribution in [0.2, 0.25) is 5.02 Å². The Morgan fingerprint density at radius 1 is 0.930 bits per heavy atom. The molecule has 0 saturated carbocycles. The number of anilines is 1. The Bertz CT molecular complexity index is 1620. The Balaban J connectivity index is 0.000000203. The minimum atomic E-state index is -0.588. The molecular weight excluding hydrogens is 570 g/mol. The van der Waals surface area contributed by atoms with Gasteiger partial charge in [0.05, 0.1) is 17.2 Å². The van der Waals surface area contributed by atoms with E-state index in [2.05, 4.69) is 9.88 Å². The van der Waals surface area contributed by atoms with Gasteiger partial charge in [-0.3, -0.25) is 23.7 Å². The molecule has 43 heavy (non-hydrogen) atoms. The summed E-state index contributed by atoms with van der Waals surface area (Å²) in [6.45, 7) is 4.45. The maximum absolute atomic E-state index is 12.5. The molecule has 0 bridgehead atoms. The first-order valence-corrected chi connectivity index (χ1v) is 14.3. The number of aromatic nitrogens is 2. The molecule has 1 aliphatic heterocycles. The summed E-state index contributed by atoms with van der Waals surface area (Å²) < 4.78 is 6.42. The molecule has 1 aromatic heterocycles. The number of hydrogen-bond acceptors (Lipinski definition) is 7. The summed E-state index contributed by atoms with van der Waals surface area (Å²) in [5.74, 6) is -0.694. The molecule has 2 amide bonds. The molecule has 0 spiro atoms. The van der Waals surface area contributed by atoms with Gasteiger partial charge in [0.1, 0.15) is 13.2 Å². The van der Waals surface area contributed by atoms with Crippen LogP contribution >= 0.6 is 11.6 Å². The first-order chi connectivity index (χ1) is 20.7. The number of primary amides is 1. The number of nitrogens with two attached hydrogens (primary N) is 1. The standard InChI is InChI=1S/C16H15ClO2.C16H19N5O3/c17-15-9-6-13(7-10-15)8-11-16(18)19-12-14-4-2-1-3-5-14;1-11(22)19-4-6-20(7-5-19)12-2-3-14-13(8-12)16(24)21(10-18-14)9-15(17)23/h1-7,9-10H,8,11-12H2;2-3,8,10H,4-7,9H2,1H3,(H2,17,23). The lowest BCUT2D eigenvalue weighted by molar-refractivity contribution is -0.145. The van der Waals surface area contributed by atoms with Crippen LogP contribution in [0.4, 0.5) is 5.69 Å². The van der Waals surface area contributed by atoms with Crippen LogP contribution in [0.5, 0.6) is 0 Å². The predicted octanol–water partition coefficient (Wildman–Crippen LogP) is 3.57. The largest absolute Gasteiger partial charge is 0.461 e. The van der Waals surface area contributed by atoms with Crippen LogP contribution in [-0.2, 0) is 38.7 Å². The minimum Gasteiger partial charge on any atom is -0.461 e. The molecule has 224 valence electrons. The maximum atomic E-state index is 12.5. The number of esters is 1. The van der Waals surface area contributed by atoms with Crippen molar-refractivity contribution in [1.29, 1.82) is 0 Å². The van der Waals surface area contributed by atoms with Gasteiger partial charge in [0, 0.05) is 50.2 Å². The topological polar surface area (TPSA) is 128 Å². The van der Waals surface area contributed by atoms with E-state index in [4.69, 9.17) is 22.1 Å². The number of piperazine rings is 1. The predicted molar refractivity (Wildman–Crippen MR) is 166 cm³/mol. The highest BCUT2D eigenvalue weighted by molar-refractivity contribution is 6.30. The molecule has 2 heterocycles. The van der Waals surface area contributed by atoms with Crippen LogP contribution in [0.1, 0.15) is 24.5 Å². The smallest absolute Gasteiger partial charge is 0.306 e. The molecular formula is C32H34ClN5O5. The quantitative estimate of drug-likeness (QED) is 0.305. The lowest BCUT2D eigenvalue weighted by atomic mass is 10.1. The molecule has 11 heteroatoms. The van der Waals surface area contributed by atoms with Crippen molar-refractivity contribution in [1.82, 2.24) is 14.5 Å². The molecule has 5 rings (SSSR count). The summed E-state index contributed by atoms with van der Waals surface area (Å²) in [4.78, 5) is 54.7. The zero-order valence-corrected chi connectivity index (χ0v) is 24.7. The number of fused-ring (bicyclic) bond motifs is 1. The van der Waals surface area contributed by atoms with Gasteiger partial charge >= 0.3 is 5.97 Å². The van der Waals surface area contributed by atoms with Gasteiger partial charge in [0.15, 0.2) is 0 Å². The summed E-state index contributed by atoms with van der Waals surface area (Å²) in [5, 5.41) is 1.15. The zero-order valence-electron chi connectivity index (χ0n) is 23.9. The second-order valence-electron chi connectivity index (χ2n) is 10.1. The Kier molecular flexibility index (Phi) is 10.9. The van der Waals surface area contributed by atoms with Gasteiger partial charge in [0.2, 0.25) is 11.8 Å². The van der Waals surface area contributed by atoms with E-state index in [1.807, 2.05) is 60.7 Å². The summed E-state index contributed by atoms with van der Waals surface area (Å²) in [6.07, 6.45) is 2.39. The Morgan fingerprint density at radius 3 is 2.28 bits per heavy atom. The van der Waals surface area contributed by atoms with Gasteiger partial charge in [-0.15, -0.1) is 0 Å². The van der Waals surface area contributed by atoms with Crippen molar-refractivity contribution >= 4 is 46.0 Å². The van der Waals surface area contributed by atoms with Gasteiger partial charge < -0.3 is 20.3 Å². The highest BCUT2D eigenvalue weighted by atomic mass is 35.5. The molecule has 4 aromatic rings. The molecule has 0 atom stereocenters. The number of amides is 2. The second-order valence-corrected chi connectivity index (χ2v) is 10.5. The monoisotopic (exact) mass is 603 g/mol. The first kappa shape index (κ1) is 31.2. The molecule has 1 saturated heterocycles. The van der Waals surface area contributed by atoms with Gasteiger partial charge in [-0.25, -0.2) is 4.98 Å². The average Bonchev–Trinajstić information content (AvgIpc) is 3.02. The van der Waals surface area contributed by atoms with Crippen LogP contribution in [0.3, 0.4) is 0 Å². The van der Waals surface area contributed by atoms with E-state index in [0.29, 0.717) is 61.6 Å². The van der Waals surface area contributed by atoms with Crippen LogP contribution < -0.4 is 16.2 Å². The number of carbonyl (C=O) groups is 3. The van der Waals surface area contributed by atoms with Crippen molar-refractivity contribution in [2.24, 2.45) is 5.73 Å². The molecule has 0 radical (unpaired) electrons. The minimum absolute atomic E-state index is 0.0756. The summed E-state index contributed by atoms with van der Waals surface area (Å²) >= 11 is 5.80. The summed E-state index contributed by atoms with van der Waals surface area (Å²) in [6, 6.07) is 22.6. The molecule has 0 unspecified atom stereocenters. The molecule has 1 aliphatic rings. The van der Waals surface area contributed by atoms with Gasteiger partial charge in [-0.05, 0) is 47.9 Å². The molecule has 2 N–H and O–H groups in total. The van der Waals surface area contributed by atoms with E-state index in [1.54, 1.807) is 24.0 Å². The van der Waals surface area contributed by atoms with Gasteiger partial charge in [-0.2, -0.15) is 0 Å². The molecule has 3 aromatic carbocycles. The third-order valence-corrected chi connectivity index (χ3v) is 7.25. The lowest BCUT2D eigenvalue weighted by Gasteiger charge is -2.35. The van der Waals surface area contributed by atoms with Crippen LogP contribution in [0.25, 0.3) is 10.9 Å². The SMILES string of the molecule is CC(=O)N1CCN(c2ccc3ncn(CC(N)=O)c(=O)c3c2)CC1.O=C(CCc1ccc(Cl)cc1)OCc1ccccc1. The first-order valence-electron chi connectivity index (χ1n) is 13.9. The van der Waals surface area contributed by atoms with E-state index >= 15 is 0 Å². The third-order valence-electron chi connectivity index (χ3n) is 7.00. The number of ether oxygens (including phenoxy) is 1. The average molecular weight is 604 g/mol. The van der Waals surface area contributed by atoms with Gasteiger partial charge in [0.25, 0.3) is 5.56 Å². The number of nitrogens with zero attached hydrogens (tertiary/aromatic N) is 4. The van der Waals surface area contributed by atoms with E-state index in [-0.39, 0.29) is 24.0 Å². The van der Waals surface area contributed by atoms with E-state index in [1.165, 1.54) is 10.9 Å². The van der Waals surface area contributed by atoms with E-state index in [0.717, 1.165) is 16.8 Å². The number of hydrogen-bond donors (Lipinski definition) is 1. The fourth-order valence-corrected chi connectivity index (χ4v) is 4.74. The van der Waals surface area contributed by atoms with E-state index < -0.39 is 5.91 Å². The van der Waals surface area contributed by atoms with Crippen molar-refractivity contribution < 1.29 is 19.1 Å². The van der Waals surface area contributed by atoms with Crippen molar-refractivity contribution in [3.8, 4) is 0 Å². The van der Waals surface area contributed by atoms with Crippen LogP contribution in [0.15, 0.2) is 83.9 Å². The van der Waals surface area contributed by atoms with Crippen molar-refractivity contribution in [2.75, 3.05) is 31.1 Å². The highest BCUT2D eigenvalue weighted by Gasteiger charge is 2.19. The second kappa shape index (κ2) is 15.0. The number of halogens is 1. The molecule has 10 nitrogen and oxygen atoms in total. The van der Waals surface area contributed by atoms with Crippen LogP contribution in [-0.4, -0.2) is 58.4 Å². The van der Waals surface area contributed by atoms with Gasteiger partial charge in [-0.1, -0.05) is 54.1 Å². The Hall–Kier alpha value is -4.70. The summed E-state index contributed by atoms with van der Waals surface area (Å²) in [5.41, 5.74) is 8.43. The lowest BCUT2D eigenvalue weighted by Crippen LogP contribution is -2.48. The molecule has 1 fully saturated rings. The normalized spacial score (nSPS) is 12.8. The maximum Gasteiger partial charge on any atom is 0.306 e. The summed E-state index contributed by atoms with van der Waals surface area (Å²) in [7, 11) is 0. The number of aryl methyl sites for hydroxylation is 1. The fourth-order valence-electron chi connectivity index (χ4n) is 4.61. The molecule has 0 aliphatic carbocycles. The highest BCUT2D eigenvalue weighted by Crippen LogP contribution is 2.20. The fraction of sp³-hybridized carbons (Fsp3) is 0.281. The number of carbonyl (C=O) groups excluding carboxylic acids is 3. The van der Waals surface area contributed by atoms with Crippen molar-refractivity contribution in [2.45, 2.75) is 32.9 Å². The number of benzene rings is 3. The van der Waals surface area contributed by atoms with Crippen LogP contribution in [0, 0.1) is 0 Å². The van der Waals surface area contributed by atoms with Crippen molar-refractivity contribution in [3.05, 3.63) is 106 Å². The Morgan fingerprint density at radius 2 is 1.63 bits per heavy atom. The number of rotatable bonds is 8. The zero-order chi connectivity index (χ0) is 30.8.